The molecule has 0 aromatic heterocycles. The maximum absolute atomic E-state index is 11.3. The maximum atomic E-state index is 11.3. The van der Waals surface area contributed by atoms with Gasteiger partial charge in [0.15, 0.2) is 0 Å². The second-order valence-corrected chi connectivity index (χ2v) is 11.6. The van der Waals surface area contributed by atoms with Gasteiger partial charge in [-0.1, -0.05) is 103 Å². The van der Waals surface area contributed by atoms with E-state index < -0.39 is 10.0 Å². The lowest BCUT2D eigenvalue weighted by Gasteiger charge is -2.07. The van der Waals surface area contributed by atoms with Gasteiger partial charge in [-0.2, -0.15) is 10.2 Å². The summed E-state index contributed by atoms with van der Waals surface area (Å²) in [7, 11) is -3.70. The van der Waals surface area contributed by atoms with Gasteiger partial charge in [-0.15, -0.1) is 0 Å². The maximum Gasteiger partial charge on any atom is 0.238 e. The van der Waals surface area contributed by atoms with Gasteiger partial charge in [0.05, 0.1) is 16.3 Å². The molecule has 0 aliphatic carbocycles. The van der Waals surface area contributed by atoms with E-state index in [1.807, 2.05) is 24.3 Å². The van der Waals surface area contributed by atoms with Gasteiger partial charge < -0.3 is 5.32 Å². The van der Waals surface area contributed by atoms with Crippen molar-refractivity contribution >= 4 is 27.1 Å². The molecule has 0 radical (unpaired) electrons. The normalized spacial score (nSPS) is 11.8. The van der Waals surface area contributed by atoms with E-state index in [1.165, 1.54) is 115 Å². The number of nitrogens with two attached hydrogens (primary N) is 1. The summed E-state index contributed by atoms with van der Waals surface area (Å²) in [6.45, 7) is 3.26. The van der Waals surface area contributed by atoms with E-state index in [4.69, 9.17) is 5.14 Å². The summed E-state index contributed by atoms with van der Waals surface area (Å²) in [6.07, 6.45) is 22.2. The van der Waals surface area contributed by atoms with Crippen LogP contribution in [0.25, 0.3) is 0 Å². The van der Waals surface area contributed by atoms with Crippen molar-refractivity contribution in [2.45, 2.75) is 115 Å². The van der Waals surface area contributed by atoms with Gasteiger partial charge in [-0.05, 0) is 55.0 Å². The van der Waals surface area contributed by atoms with Crippen molar-refractivity contribution in [3.63, 3.8) is 0 Å². The van der Waals surface area contributed by atoms with E-state index in [9.17, 15) is 8.42 Å². The summed E-state index contributed by atoms with van der Waals surface area (Å²) in [5.74, 6) is 0. The minimum absolute atomic E-state index is 0.0613. The Morgan fingerprint density at radius 3 is 1.38 bits per heavy atom. The lowest BCUT2D eigenvalue weighted by Crippen LogP contribution is -2.11. The number of sulfonamides is 1. The number of hydrogen-bond acceptors (Lipinski definition) is 5. The van der Waals surface area contributed by atoms with E-state index in [1.54, 1.807) is 12.1 Å². The number of benzene rings is 2. The van der Waals surface area contributed by atoms with Crippen LogP contribution in [0.5, 0.6) is 0 Å². The molecular weight excluding hydrogens is 480 g/mol. The molecule has 37 heavy (non-hydrogen) atoms. The van der Waals surface area contributed by atoms with Crippen molar-refractivity contribution < 1.29 is 8.42 Å². The fourth-order valence-electron chi connectivity index (χ4n) is 4.37. The number of nitrogens with zero attached hydrogens (tertiary/aromatic N) is 2. The number of azo groups is 1. The molecule has 0 aliphatic rings. The number of primary sulfonamides is 1. The van der Waals surface area contributed by atoms with Crippen LogP contribution in [0.3, 0.4) is 0 Å². The van der Waals surface area contributed by atoms with E-state index in [0.717, 1.165) is 17.9 Å². The Balaban J connectivity index is 1.45. The second kappa shape index (κ2) is 18.9. The fraction of sp³-hybridized carbons (Fsp3) is 0.600. The van der Waals surface area contributed by atoms with Crippen molar-refractivity contribution in [1.29, 1.82) is 0 Å². The highest BCUT2D eigenvalue weighted by atomic mass is 32.2. The third-order valence-corrected chi connectivity index (χ3v) is 7.60. The summed E-state index contributed by atoms with van der Waals surface area (Å²) < 4.78 is 22.6. The molecule has 0 fully saturated rings. The molecule has 0 unspecified atom stereocenters. The summed E-state index contributed by atoms with van der Waals surface area (Å²) in [5, 5.41) is 16.9. The molecule has 2 rings (SSSR count). The second-order valence-electron chi connectivity index (χ2n) is 10.0. The number of hydrogen-bond donors (Lipinski definition) is 2. The third kappa shape index (κ3) is 14.9. The Bertz CT molecular complexity index is 974. The zero-order chi connectivity index (χ0) is 26.6. The van der Waals surface area contributed by atoms with Crippen molar-refractivity contribution in [3.8, 4) is 0 Å². The zero-order valence-corrected chi connectivity index (χ0v) is 23.7. The molecule has 0 saturated heterocycles. The molecular formula is C30H48N4O2S. The molecule has 6 nitrogen and oxygen atoms in total. The molecule has 0 amide bonds. The van der Waals surface area contributed by atoms with Crippen molar-refractivity contribution in [1.82, 2.24) is 0 Å². The smallest absolute Gasteiger partial charge is 0.238 e. The number of nitrogens with one attached hydrogen (secondary N) is 1. The zero-order valence-electron chi connectivity index (χ0n) is 22.8. The molecule has 0 bridgehead atoms. The van der Waals surface area contributed by atoms with E-state index in [2.05, 4.69) is 22.5 Å². The van der Waals surface area contributed by atoms with Crippen LogP contribution >= 0.6 is 0 Å². The van der Waals surface area contributed by atoms with Crippen LogP contribution in [0.1, 0.15) is 110 Å². The molecule has 2 aromatic carbocycles. The monoisotopic (exact) mass is 528 g/mol. The largest absolute Gasteiger partial charge is 0.385 e. The van der Waals surface area contributed by atoms with Gasteiger partial charge in [0, 0.05) is 12.2 Å². The average Bonchev–Trinajstić information content (AvgIpc) is 2.89. The topological polar surface area (TPSA) is 96.9 Å². The van der Waals surface area contributed by atoms with Gasteiger partial charge in [0.25, 0.3) is 0 Å². The third-order valence-electron chi connectivity index (χ3n) is 6.67. The Hall–Kier alpha value is -2.25. The molecule has 0 aliphatic heterocycles. The highest BCUT2D eigenvalue weighted by Crippen LogP contribution is 2.21. The minimum atomic E-state index is -3.70. The Morgan fingerprint density at radius 1 is 0.595 bits per heavy atom. The van der Waals surface area contributed by atoms with Crippen LogP contribution in [0.15, 0.2) is 63.7 Å². The van der Waals surface area contributed by atoms with Crippen LogP contribution in [0.2, 0.25) is 0 Å². The van der Waals surface area contributed by atoms with Crippen molar-refractivity contribution in [2.75, 3.05) is 11.9 Å². The van der Waals surface area contributed by atoms with Gasteiger partial charge in [-0.3, -0.25) is 0 Å². The summed E-state index contributed by atoms with van der Waals surface area (Å²) in [6, 6.07) is 13.9. The van der Waals surface area contributed by atoms with Gasteiger partial charge >= 0.3 is 0 Å². The van der Waals surface area contributed by atoms with E-state index in [0.29, 0.717) is 5.69 Å². The van der Waals surface area contributed by atoms with Gasteiger partial charge in [0.1, 0.15) is 0 Å². The molecule has 0 spiro atoms. The predicted molar refractivity (Wildman–Crippen MR) is 156 cm³/mol. The first-order valence-corrected chi connectivity index (χ1v) is 15.9. The summed E-state index contributed by atoms with van der Waals surface area (Å²) in [5.41, 5.74) is 2.39. The number of rotatable bonds is 21. The number of unbranched alkanes of at least 4 members (excludes halogenated alkanes) is 15. The van der Waals surface area contributed by atoms with Crippen LogP contribution in [-0.4, -0.2) is 15.0 Å². The van der Waals surface area contributed by atoms with E-state index >= 15 is 0 Å². The molecule has 2 aromatic rings. The molecule has 206 valence electrons. The molecule has 0 atom stereocenters. The summed E-state index contributed by atoms with van der Waals surface area (Å²) >= 11 is 0. The first kappa shape index (κ1) is 31.0. The van der Waals surface area contributed by atoms with Gasteiger partial charge in [0.2, 0.25) is 10.0 Å². The Labute approximate surface area is 225 Å². The van der Waals surface area contributed by atoms with Crippen LogP contribution < -0.4 is 10.5 Å². The quantitative estimate of drug-likeness (QED) is 0.125. The average molecular weight is 529 g/mol. The highest BCUT2D eigenvalue weighted by molar-refractivity contribution is 7.89. The van der Waals surface area contributed by atoms with Crippen molar-refractivity contribution in [3.05, 3.63) is 48.5 Å². The highest BCUT2D eigenvalue weighted by Gasteiger charge is 2.06. The molecule has 0 heterocycles. The Kier molecular flexibility index (Phi) is 15.8. The Morgan fingerprint density at radius 2 is 0.973 bits per heavy atom. The predicted octanol–water partition coefficient (Wildman–Crippen LogP) is 9.42. The van der Waals surface area contributed by atoms with E-state index in [-0.39, 0.29) is 4.90 Å². The lowest BCUT2D eigenvalue weighted by molar-refractivity contribution is 0.530. The molecule has 3 N–H and O–H groups in total. The van der Waals surface area contributed by atoms with Gasteiger partial charge in [-0.25, -0.2) is 13.6 Å². The SMILES string of the molecule is CCCCCCCCCCCCCCCCCCNc1ccc(N=Nc2ccc(S(N)(=O)=O)cc2)cc1. The standard InChI is InChI=1S/C30H48N4O2S/c1-2-3-4-5-6-7-8-9-10-11-12-13-14-15-16-17-26-32-27-18-20-28(21-19-27)33-34-29-22-24-30(25-23-29)37(31,35)36/h18-25,32H,2-17,26H2,1H3,(H2,31,35,36). The van der Waals surface area contributed by atoms with Crippen LogP contribution in [-0.2, 0) is 10.0 Å². The first-order valence-electron chi connectivity index (χ1n) is 14.4. The first-order chi connectivity index (χ1) is 18.0. The van der Waals surface area contributed by atoms with Crippen LogP contribution in [0.4, 0.5) is 17.1 Å². The van der Waals surface area contributed by atoms with Crippen molar-refractivity contribution in [2.24, 2.45) is 15.4 Å². The fourth-order valence-corrected chi connectivity index (χ4v) is 4.89. The van der Waals surface area contributed by atoms with Crippen LogP contribution in [0, 0.1) is 0 Å². The molecule has 0 saturated carbocycles. The summed E-state index contributed by atoms with van der Waals surface area (Å²) in [4.78, 5) is 0.0613. The minimum Gasteiger partial charge on any atom is -0.385 e. The number of anilines is 1. The molecule has 7 heteroatoms. The lowest BCUT2D eigenvalue weighted by atomic mass is 10.0.